The molecule has 0 aliphatic rings. The molecule has 0 aliphatic carbocycles. The van der Waals surface area contributed by atoms with Gasteiger partial charge in [0.1, 0.15) is 5.82 Å². The quantitative estimate of drug-likeness (QED) is 0.864. The van der Waals surface area contributed by atoms with E-state index in [1.165, 1.54) is 6.07 Å². The van der Waals surface area contributed by atoms with Crippen molar-refractivity contribution in [3.05, 3.63) is 41.8 Å². The number of nitrogens with two attached hydrogens (primary N) is 1. The van der Waals surface area contributed by atoms with Crippen molar-refractivity contribution in [1.29, 1.82) is 0 Å². The maximum absolute atomic E-state index is 13.6. The highest BCUT2D eigenvalue weighted by Crippen LogP contribution is 2.24. The van der Waals surface area contributed by atoms with Crippen LogP contribution >= 0.6 is 0 Å². The van der Waals surface area contributed by atoms with Crippen LogP contribution in [0.5, 0.6) is 0 Å². The van der Waals surface area contributed by atoms with Crippen molar-refractivity contribution in [3.63, 3.8) is 0 Å². The molecule has 2 rings (SSSR count). The third kappa shape index (κ3) is 2.41. The Bertz CT molecular complexity index is 538. The maximum atomic E-state index is 13.6. The first-order chi connectivity index (χ1) is 8.08. The van der Waals surface area contributed by atoms with Crippen LogP contribution in [0.2, 0.25) is 0 Å². The Hall–Kier alpha value is -1.97. The Morgan fingerprint density at radius 1 is 1.18 bits per heavy atom. The van der Waals surface area contributed by atoms with E-state index in [-0.39, 0.29) is 17.7 Å². The molecule has 0 atom stereocenters. The third-order valence-corrected chi connectivity index (χ3v) is 2.50. The Morgan fingerprint density at radius 3 is 2.53 bits per heavy atom. The van der Waals surface area contributed by atoms with E-state index in [1.54, 1.807) is 24.3 Å². The van der Waals surface area contributed by atoms with Crippen LogP contribution < -0.4 is 5.73 Å². The minimum atomic E-state index is -0.305. The molecule has 2 N–H and O–H groups in total. The molecule has 0 aliphatic heterocycles. The van der Waals surface area contributed by atoms with Gasteiger partial charge in [0.05, 0.1) is 5.69 Å². The smallest absolute Gasteiger partial charge is 0.220 e. The summed E-state index contributed by atoms with van der Waals surface area (Å²) in [6.07, 6.45) is 0. The predicted molar refractivity (Wildman–Crippen MR) is 65.9 cm³/mol. The second-order valence-corrected chi connectivity index (χ2v) is 4.17. The van der Waals surface area contributed by atoms with Gasteiger partial charge in [0.15, 0.2) is 0 Å². The lowest BCUT2D eigenvalue weighted by Gasteiger charge is -2.08. The lowest BCUT2D eigenvalue weighted by atomic mass is 10.1. The van der Waals surface area contributed by atoms with Crippen LogP contribution in [0.1, 0.15) is 25.5 Å². The van der Waals surface area contributed by atoms with Gasteiger partial charge in [-0.1, -0.05) is 26.0 Å². The fraction of sp³-hybridized carbons (Fsp3) is 0.231. The first-order valence-corrected chi connectivity index (χ1v) is 5.47. The number of aromatic nitrogens is 2. The minimum absolute atomic E-state index is 0.175. The number of nitrogens with zero attached hydrogens (tertiary/aromatic N) is 2. The molecule has 4 heteroatoms. The van der Waals surface area contributed by atoms with E-state index in [1.807, 2.05) is 13.8 Å². The minimum Gasteiger partial charge on any atom is -0.368 e. The largest absolute Gasteiger partial charge is 0.368 e. The number of halogens is 1. The van der Waals surface area contributed by atoms with Crippen LogP contribution in [-0.2, 0) is 0 Å². The normalized spacial score (nSPS) is 10.8. The molecule has 0 amide bonds. The average molecular weight is 231 g/mol. The van der Waals surface area contributed by atoms with Crippen molar-refractivity contribution >= 4 is 5.95 Å². The standard InChI is InChI=1S/C13H14FN3/c1-8(2)11-7-12(17-13(15)16-11)9-5-3-4-6-10(9)14/h3-8H,1-2H3,(H2,15,16,17). The first kappa shape index (κ1) is 11.5. The van der Waals surface area contributed by atoms with E-state index < -0.39 is 0 Å². The third-order valence-electron chi connectivity index (χ3n) is 2.50. The molecule has 0 fully saturated rings. The van der Waals surface area contributed by atoms with Crippen LogP contribution in [0.15, 0.2) is 30.3 Å². The van der Waals surface area contributed by atoms with Crippen molar-refractivity contribution in [1.82, 2.24) is 9.97 Å². The molecule has 0 unspecified atom stereocenters. The van der Waals surface area contributed by atoms with Gasteiger partial charge in [-0.2, -0.15) is 0 Å². The predicted octanol–water partition coefficient (Wildman–Crippen LogP) is 2.99. The van der Waals surface area contributed by atoms with Gasteiger partial charge >= 0.3 is 0 Å². The van der Waals surface area contributed by atoms with Gasteiger partial charge < -0.3 is 5.73 Å². The molecule has 2 aromatic rings. The molecule has 0 saturated carbocycles. The molecule has 3 nitrogen and oxygen atoms in total. The summed E-state index contributed by atoms with van der Waals surface area (Å²) in [7, 11) is 0. The van der Waals surface area contributed by atoms with Crippen molar-refractivity contribution in [3.8, 4) is 11.3 Å². The Kier molecular flexibility index (Phi) is 3.04. The topological polar surface area (TPSA) is 51.8 Å². The van der Waals surface area contributed by atoms with Crippen molar-refractivity contribution < 1.29 is 4.39 Å². The number of benzene rings is 1. The SMILES string of the molecule is CC(C)c1cc(-c2ccccc2F)nc(N)n1. The van der Waals surface area contributed by atoms with Crippen LogP contribution in [0.3, 0.4) is 0 Å². The van der Waals surface area contributed by atoms with E-state index in [4.69, 9.17) is 5.73 Å². The van der Waals surface area contributed by atoms with Gasteiger partial charge in [-0.05, 0) is 24.1 Å². The molecule has 1 heterocycles. The highest BCUT2D eigenvalue weighted by Gasteiger charge is 2.10. The van der Waals surface area contributed by atoms with Crippen LogP contribution in [-0.4, -0.2) is 9.97 Å². The van der Waals surface area contributed by atoms with Crippen molar-refractivity contribution in [2.45, 2.75) is 19.8 Å². The Labute approximate surface area is 99.5 Å². The first-order valence-electron chi connectivity index (χ1n) is 5.47. The fourth-order valence-corrected chi connectivity index (χ4v) is 1.59. The molecular formula is C13H14FN3. The Balaban J connectivity index is 2.56. The van der Waals surface area contributed by atoms with Gasteiger partial charge in [0, 0.05) is 11.3 Å². The molecule has 88 valence electrons. The van der Waals surface area contributed by atoms with Crippen LogP contribution in [0.25, 0.3) is 11.3 Å². The monoisotopic (exact) mass is 231 g/mol. The van der Waals surface area contributed by atoms with Crippen LogP contribution in [0, 0.1) is 5.82 Å². The molecule has 0 saturated heterocycles. The van der Waals surface area contributed by atoms with E-state index in [0.717, 1.165) is 5.69 Å². The average Bonchev–Trinajstić information content (AvgIpc) is 2.28. The zero-order valence-electron chi connectivity index (χ0n) is 9.81. The number of hydrogen-bond donors (Lipinski definition) is 1. The second-order valence-electron chi connectivity index (χ2n) is 4.17. The van der Waals surface area contributed by atoms with Crippen molar-refractivity contribution in [2.24, 2.45) is 0 Å². The summed E-state index contributed by atoms with van der Waals surface area (Å²) in [5.74, 6) is 0.0978. The second kappa shape index (κ2) is 4.49. The van der Waals surface area contributed by atoms with Gasteiger partial charge in [0.25, 0.3) is 0 Å². The van der Waals surface area contributed by atoms with Gasteiger partial charge in [-0.25, -0.2) is 14.4 Å². The summed E-state index contributed by atoms with van der Waals surface area (Å²) in [4.78, 5) is 8.21. The maximum Gasteiger partial charge on any atom is 0.220 e. The van der Waals surface area contributed by atoms with E-state index in [2.05, 4.69) is 9.97 Å². The molecule has 17 heavy (non-hydrogen) atoms. The van der Waals surface area contributed by atoms with Gasteiger partial charge in [0.2, 0.25) is 5.95 Å². The fourth-order valence-electron chi connectivity index (χ4n) is 1.59. The molecular weight excluding hydrogens is 217 g/mol. The van der Waals surface area contributed by atoms with E-state index in [0.29, 0.717) is 11.3 Å². The summed E-state index contributed by atoms with van der Waals surface area (Å²) in [5.41, 5.74) is 7.43. The van der Waals surface area contributed by atoms with Gasteiger partial charge in [-0.15, -0.1) is 0 Å². The summed E-state index contributed by atoms with van der Waals surface area (Å²) < 4.78 is 13.6. The number of hydrogen-bond acceptors (Lipinski definition) is 3. The molecule has 0 spiro atoms. The Morgan fingerprint density at radius 2 is 1.88 bits per heavy atom. The summed E-state index contributed by atoms with van der Waals surface area (Å²) in [6.45, 7) is 4.01. The summed E-state index contributed by atoms with van der Waals surface area (Å²) in [5, 5.41) is 0. The van der Waals surface area contributed by atoms with Crippen LogP contribution in [0.4, 0.5) is 10.3 Å². The summed E-state index contributed by atoms with van der Waals surface area (Å²) in [6, 6.07) is 8.28. The molecule has 0 radical (unpaired) electrons. The molecule has 1 aromatic carbocycles. The number of anilines is 1. The van der Waals surface area contributed by atoms with Crippen molar-refractivity contribution in [2.75, 3.05) is 5.73 Å². The lowest BCUT2D eigenvalue weighted by molar-refractivity contribution is 0.630. The zero-order chi connectivity index (χ0) is 12.4. The lowest BCUT2D eigenvalue weighted by Crippen LogP contribution is -2.02. The molecule has 0 bridgehead atoms. The zero-order valence-corrected chi connectivity index (χ0v) is 9.81. The highest BCUT2D eigenvalue weighted by atomic mass is 19.1. The summed E-state index contributed by atoms with van der Waals surface area (Å²) >= 11 is 0. The number of rotatable bonds is 2. The molecule has 1 aromatic heterocycles. The number of nitrogen functional groups attached to an aromatic ring is 1. The van der Waals surface area contributed by atoms with E-state index >= 15 is 0 Å². The van der Waals surface area contributed by atoms with Gasteiger partial charge in [-0.3, -0.25) is 0 Å². The highest BCUT2D eigenvalue weighted by molar-refractivity contribution is 5.61. The van der Waals surface area contributed by atoms with E-state index in [9.17, 15) is 4.39 Å².